The Morgan fingerprint density at radius 2 is 1.67 bits per heavy atom. The maximum absolute atomic E-state index is 12.6. The molecule has 1 amide bonds. The molecule has 1 aliphatic carbocycles. The molecule has 0 fully saturated rings. The van der Waals surface area contributed by atoms with Crippen molar-refractivity contribution in [2.75, 3.05) is 14.1 Å². The van der Waals surface area contributed by atoms with Gasteiger partial charge in [-0.2, -0.15) is 0 Å². The lowest BCUT2D eigenvalue weighted by atomic mass is 10.1. The van der Waals surface area contributed by atoms with Crippen LogP contribution in [0.5, 0.6) is 0 Å². The third-order valence-corrected chi connectivity index (χ3v) is 4.25. The van der Waals surface area contributed by atoms with E-state index in [1.165, 1.54) is 0 Å². The Hall–Kier alpha value is -1.61. The highest BCUT2D eigenvalue weighted by molar-refractivity contribution is 5.80. The van der Waals surface area contributed by atoms with Gasteiger partial charge < -0.3 is 4.90 Å². The first kappa shape index (κ1) is 17.4. The molecule has 0 radical (unpaired) electrons. The van der Waals surface area contributed by atoms with Crippen molar-refractivity contribution in [1.82, 2.24) is 9.80 Å². The van der Waals surface area contributed by atoms with Crippen LogP contribution in [0.4, 0.5) is 0 Å². The normalized spacial score (nSPS) is 22.2. The number of carbonyl (C=O) groups excluding carboxylic acids is 1. The van der Waals surface area contributed by atoms with E-state index in [1.807, 2.05) is 54.5 Å². The molecule has 0 aromatic heterocycles. The van der Waals surface area contributed by atoms with Gasteiger partial charge in [0, 0.05) is 13.1 Å². The Morgan fingerprint density at radius 3 is 2.29 bits per heavy atom. The van der Waals surface area contributed by atoms with Crippen LogP contribution in [0.25, 0.3) is 0 Å². The second kappa shape index (κ2) is 7.41. The number of allylic oxidation sites excluding steroid dienone is 7. The zero-order chi connectivity index (χ0) is 16.0. The average Bonchev–Trinajstić information content (AvgIpc) is 2.39. The van der Waals surface area contributed by atoms with Gasteiger partial charge in [-0.05, 0) is 40.3 Å². The van der Waals surface area contributed by atoms with Crippen LogP contribution in [0.2, 0.25) is 0 Å². The van der Waals surface area contributed by atoms with E-state index in [0.717, 1.165) is 5.57 Å². The average molecular weight is 288 g/mol. The van der Waals surface area contributed by atoms with Gasteiger partial charge in [-0.3, -0.25) is 9.69 Å². The highest BCUT2D eigenvalue weighted by Gasteiger charge is 2.32. The van der Waals surface area contributed by atoms with E-state index in [9.17, 15) is 4.79 Å². The topological polar surface area (TPSA) is 23.6 Å². The molecular formula is C18H28N2O. The lowest BCUT2D eigenvalue weighted by Crippen LogP contribution is -2.57. The number of hydrogen-bond donors (Lipinski definition) is 0. The lowest BCUT2D eigenvalue weighted by Gasteiger charge is -2.45. The highest BCUT2D eigenvalue weighted by Crippen LogP contribution is 2.21. The van der Waals surface area contributed by atoms with Crippen LogP contribution in [0.15, 0.2) is 48.1 Å². The molecule has 0 saturated heterocycles. The molecule has 0 bridgehead atoms. The Kier molecular flexibility index (Phi) is 6.16. The lowest BCUT2D eigenvalue weighted by molar-refractivity contribution is -0.141. The quantitative estimate of drug-likeness (QED) is 0.723. The van der Waals surface area contributed by atoms with Gasteiger partial charge >= 0.3 is 0 Å². The summed E-state index contributed by atoms with van der Waals surface area (Å²) in [4.78, 5) is 16.6. The summed E-state index contributed by atoms with van der Waals surface area (Å²) in [5.74, 6) is 0.126. The van der Waals surface area contributed by atoms with Crippen molar-refractivity contribution >= 4 is 5.91 Å². The minimum atomic E-state index is -0.313. The van der Waals surface area contributed by atoms with Crippen molar-refractivity contribution in [3.63, 3.8) is 0 Å². The number of carbonyl (C=O) groups is 1. The van der Waals surface area contributed by atoms with Gasteiger partial charge in [0.15, 0.2) is 0 Å². The first-order valence-electron chi connectivity index (χ1n) is 7.47. The molecule has 0 N–H and O–H groups in total. The van der Waals surface area contributed by atoms with Gasteiger partial charge in [-0.1, -0.05) is 42.5 Å². The van der Waals surface area contributed by atoms with Crippen LogP contribution >= 0.6 is 0 Å². The predicted molar refractivity (Wildman–Crippen MR) is 89.9 cm³/mol. The van der Waals surface area contributed by atoms with Crippen LogP contribution < -0.4 is 0 Å². The maximum atomic E-state index is 12.6. The van der Waals surface area contributed by atoms with Crippen molar-refractivity contribution in [2.24, 2.45) is 0 Å². The molecule has 3 heteroatoms. The first-order chi connectivity index (χ1) is 9.76. The van der Waals surface area contributed by atoms with E-state index in [0.29, 0.717) is 12.5 Å². The van der Waals surface area contributed by atoms with E-state index in [4.69, 9.17) is 0 Å². The molecule has 0 aliphatic heterocycles. The Morgan fingerprint density at radius 1 is 1.10 bits per heavy atom. The highest BCUT2D eigenvalue weighted by atomic mass is 16.2. The van der Waals surface area contributed by atoms with Gasteiger partial charge in [-0.15, -0.1) is 0 Å². The molecule has 21 heavy (non-hydrogen) atoms. The van der Waals surface area contributed by atoms with Crippen molar-refractivity contribution in [3.8, 4) is 0 Å². The molecule has 0 unspecified atom stereocenters. The summed E-state index contributed by atoms with van der Waals surface area (Å²) in [5.41, 5.74) is 0.711. The zero-order valence-corrected chi connectivity index (χ0v) is 14.1. The predicted octanol–water partition coefficient (Wildman–Crippen LogP) is 3.52. The van der Waals surface area contributed by atoms with E-state index in [1.54, 1.807) is 0 Å². The summed E-state index contributed by atoms with van der Waals surface area (Å²) in [6, 6.07) is 0.379. The van der Waals surface area contributed by atoms with Gasteiger partial charge in [-0.25, -0.2) is 0 Å². The molecule has 0 aromatic rings. The molecular weight excluding hydrogens is 260 g/mol. The smallest absolute Gasteiger partial charge is 0.228 e. The van der Waals surface area contributed by atoms with Crippen molar-refractivity contribution in [2.45, 2.75) is 45.8 Å². The Balaban J connectivity index is 2.79. The summed E-state index contributed by atoms with van der Waals surface area (Å²) in [7, 11) is 3.93. The van der Waals surface area contributed by atoms with Crippen molar-refractivity contribution < 1.29 is 4.79 Å². The third kappa shape index (κ3) is 4.71. The van der Waals surface area contributed by atoms with Crippen LogP contribution in [-0.4, -0.2) is 41.5 Å². The first-order valence-corrected chi connectivity index (χ1v) is 7.47. The summed E-state index contributed by atoms with van der Waals surface area (Å²) >= 11 is 0. The minimum absolute atomic E-state index is 0.126. The fraction of sp³-hybridized carbons (Fsp3) is 0.500. The SMILES string of the molecule is CC(C)N(C)C(C)(C)N(C)C(=O)CC1=C/C=C\C=C/C=C\1. The zero-order valence-electron chi connectivity index (χ0n) is 14.1. The standard InChI is InChI=1S/C18H28N2O/c1-15(2)19(5)18(3,4)20(6)17(21)14-16-12-10-8-7-9-11-13-16/h7-13,15H,14H2,1-6H3/b8-7-,9-7?,10-8?,11-9-,12-10-,13-11?,16-12?,16-13+. The van der Waals surface area contributed by atoms with Gasteiger partial charge in [0.25, 0.3) is 0 Å². The molecule has 0 aromatic carbocycles. The second-order valence-electron chi connectivity index (χ2n) is 6.20. The molecule has 116 valence electrons. The fourth-order valence-corrected chi connectivity index (χ4v) is 2.19. The summed E-state index contributed by atoms with van der Waals surface area (Å²) in [6.07, 6.45) is 14.2. The summed E-state index contributed by atoms with van der Waals surface area (Å²) in [5, 5.41) is 0. The van der Waals surface area contributed by atoms with E-state index >= 15 is 0 Å². The Labute approximate surface area is 129 Å². The number of nitrogens with zero attached hydrogens (tertiary/aromatic N) is 2. The number of amides is 1. The molecule has 0 saturated carbocycles. The van der Waals surface area contributed by atoms with Crippen LogP contribution in [0, 0.1) is 0 Å². The van der Waals surface area contributed by atoms with Crippen LogP contribution in [0.1, 0.15) is 34.1 Å². The van der Waals surface area contributed by atoms with E-state index in [-0.39, 0.29) is 11.6 Å². The van der Waals surface area contributed by atoms with Gasteiger partial charge in [0.1, 0.15) is 0 Å². The fourth-order valence-electron chi connectivity index (χ4n) is 2.19. The van der Waals surface area contributed by atoms with E-state index in [2.05, 4.69) is 39.6 Å². The Bertz CT molecular complexity index is 481. The monoisotopic (exact) mass is 288 g/mol. The molecule has 0 spiro atoms. The summed E-state index contributed by atoms with van der Waals surface area (Å²) in [6.45, 7) is 8.43. The summed E-state index contributed by atoms with van der Waals surface area (Å²) < 4.78 is 0. The largest absolute Gasteiger partial charge is 0.328 e. The minimum Gasteiger partial charge on any atom is -0.328 e. The molecule has 3 nitrogen and oxygen atoms in total. The van der Waals surface area contributed by atoms with Crippen LogP contribution in [-0.2, 0) is 4.79 Å². The number of hydrogen-bond acceptors (Lipinski definition) is 2. The van der Waals surface area contributed by atoms with Crippen molar-refractivity contribution in [3.05, 3.63) is 48.1 Å². The van der Waals surface area contributed by atoms with Crippen molar-refractivity contribution in [1.29, 1.82) is 0 Å². The maximum Gasteiger partial charge on any atom is 0.228 e. The molecule has 1 rings (SSSR count). The third-order valence-electron chi connectivity index (χ3n) is 4.25. The molecule has 0 atom stereocenters. The van der Waals surface area contributed by atoms with Gasteiger partial charge in [0.05, 0.1) is 12.1 Å². The van der Waals surface area contributed by atoms with Crippen LogP contribution in [0.3, 0.4) is 0 Å². The molecule has 0 heterocycles. The van der Waals surface area contributed by atoms with E-state index < -0.39 is 0 Å². The molecule has 1 aliphatic rings. The number of rotatable bonds is 5. The second-order valence-corrected chi connectivity index (χ2v) is 6.20. The van der Waals surface area contributed by atoms with Gasteiger partial charge in [0.2, 0.25) is 5.91 Å².